The number of nitrogens with zero attached hydrogens (tertiary/aromatic N) is 1. The molecule has 1 amide bonds. The fourth-order valence-electron chi connectivity index (χ4n) is 3.10. The third-order valence-electron chi connectivity index (χ3n) is 5.29. The van der Waals surface area contributed by atoms with Crippen LogP contribution in [0.2, 0.25) is 0 Å². The summed E-state index contributed by atoms with van der Waals surface area (Å²) in [6.07, 6.45) is 0.673. The van der Waals surface area contributed by atoms with Crippen molar-refractivity contribution in [3.63, 3.8) is 0 Å². The first kappa shape index (κ1) is 16.5. The van der Waals surface area contributed by atoms with E-state index in [-0.39, 0.29) is 24.2 Å². The third kappa shape index (κ3) is 3.17. The molecule has 124 valence electrons. The van der Waals surface area contributed by atoms with Gasteiger partial charge in [-0.25, -0.2) is 0 Å². The van der Waals surface area contributed by atoms with Gasteiger partial charge in [0.1, 0.15) is 0 Å². The highest BCUT2D eigenvalue weighted by Gasteiger charge is 2.51. The Kier molecular flexibility index (Phi) is 4.05. The van der Waals surface area contributed by atoms with Gasteiger partial charge in [0.25, 0.3) is 0 Å². The molecule has 1 unspecified atom stereocenters. The van der Waals surface area contributed by atoms with Crippen molar-refractivity contribution in [1.82, 2.24) is 4.90 Å². The Morgan fingerprint density at radius 2 is 1.70 bits per heavy atom. The van der Waals surface area contributed by atoms with Gasteiger partial charge in [0.05, 0.1) is 11.2 Å². The number of likely N-dealkylation sites (tertiary alicyclic amines) is 1. The molecule has 1 aromatic rings. The summed E-state index contributed by atoms with van der Waals surface area (Å²) in [5, 5.41) is 0. The van der Waals surface area contributed by atoms with Gasteiger partial charge in [-0.05, 0) is 44.6 Å². The van der Waals surface area contributed by atoms with E-state index < -0.39 is 0 Å². The van der Waals surface area contributed by atoms with Crippen LogP contribution in [0.1, 0.15) is 46.6 Å². The van der Waals surface area contributed by atoms with Gasteiger partial charge in [-0.2, -0.15) is 0 Å². The minimum Gasteiger partial charge on any atom is -0.399 e. The molecule has 2 heterocycles. The molecule has 0 N–H and O–H groups in total. The van der Waals surface area contributed by atoms with Gasteiger partial charge in [0.15, 0.2) is 0 Å². The van der Waals surface area contributed by atoms with Crippen LogP contribution in [0, 0.1) is 5.92 Å². The molecule has 2 aliphatic heterocycles. The standard InChI is InChI=1S/C18H26BNO3/c1-13-10-16(21)20(11-13)12-14-6-8-15(9-7-14)19-22-17(2,3)18(4,5)23-19/h6-9,13H,10-12H2,1-5H3. The van der Waals surface area contributed by atoms with Crippen LogP contribution in [0.5, 0.6) is 0 Å². The van der Waals surface area contributed by atoms with Crippen molar-refractivity contribution in [3.8, 4) is 0 Å². The molecular formula is C18H26BNO3. The van der Waals surface area contributed by atoms with Gasteiger partial charge >= 0.3 is 7.12 Å². The lowest BCUT2D eigenvalue weighted by Crippen LogP contribution is -2.41. The predicted octanol–water partition coefficient (Wildman–Crippen LogP) is 2.35. The Labute approximate surface area is 139 Å². The van der Waals surface area contributed by atoms with Gasteiger partial charge in [-0.15, -0.1) is 0 Å². The van der Waals surface area contributed by atoms with E-state index >= 15 is 0 Å². The number of benzene rings is 1. The van der Waals surface area contributed by atoms with E-state index in [2.05, 4.69) is 46.8 Å². The maximum atomic E-state index is 11.9. The molecule has 3 rings (SSSR count). The molecule has 23 heavy (non-hydrogen) atoms. The van der Waals surface area contributed by atoms with E-state index in [1.807, 2.05) is 17.0 Å². The fraction of sp³-hybridized carbons (Fsp3) is 0.611. The SMILES string of the molecule is CC1CC(=O)N(Cc2ccc(B3OC(C)(C)C(C)(C)O3)cc2)C1. The zero-order valence-corrected chi connectivity index (χ0v) is 14.8. The number of rotatable bonds is 3. The fourth-order valence-corrected chi connectivity index (χ4v) is 3.10. The molecule has 1 atom stereocenters. The summed E-state index contributed by atoms with van der Waals surface area (Å²) in [6.45, 7) is 11.9. The number of carbonyl (C=O) groups is 1. The molecule has 0 aromatic heterocycles. The van der Waals surface area contributed by atoms with Crippen LogP contribution >= 0.6 is 0 Å². The first-order chi connectivity index (χ1) is 10.7. The minimum absolute atomic E-state index is 0.257. The van der Waals surface area contributed by atoms with Gasteiger partial charge in [-0.3, -0.25) is 4.79 Å². The van der Waals surface area contributed by atoms with Crippen molar-refractivity contribution in [2.24, 2.45) is 5.92 Å². The normalized spacial score (nSPS) is 26.1. The van der Waals surface area contributed by atoms with Gasteiger partial charge in [0.2, 0.25) is 5.91 Å². The Morgan fingerprint density at radius 3 is 2.17 bits per heavy atom. The largest absolute Gasteiger partial charge is 0.494 e. The van der Waals surface area contributed by atoms with Gasteiger partial charge < -0.3 is 14.2 Å². The zero-order valence-electron chi connectivity index (χ0n) is 14.8. The van der Waals surface area contributed by atoms with Crippen LogP contribution in [-0.2, 0) is 20.6 Å². The number of hydrogen-bond acceptors (Lipinski definition) is 3. The zero-order chi connectivity index (χ0) is 16.8. The quantitative estimate of drug-likeness (QED) is 0.804. The molecular weight excluding hydrogens is 289 g/mol. The molecule has 1 aromatic carbocycles. The first-order valence-electron chi connectivity index (χ1n) is 8.40. The van der Waals surface area contributed by atoms with E-state index in [0.29, 0.717) is 18.9 Å². The topological polar surface area (TPSA) is 38.8 Å². The molecule has 0 aliphatic carbocycles. The number of hydrogen-bond donors (Lipinski definition) is 0. The number of amides is 1. The van der Waals surface area contributed by atoms with Crippen molar-refractivity contribution < 1.29 is 14.1 Å². The van der Waals surface area contributed by atoms with Crippen molar-refractivity contribution in [3.05, 3.63) is 29.8 Å². The van der Waals surface area contributed by atoms with E-state index in [4.69, 9.17) is 9.31 Å². The maximum absolute atomic E-state index is 11.9. The molecule has 0 spiro atoms. The van der Waals surface area contributed by atoms with E-state index in [9.17, 15) is 4.79 Å². The van der Waals surface area contributed by atoms with Crippen LogP contribution < -0.4 is 5.46 Å². The molecule has 0 radical (unpaired) electrons. The summed E-state index contributed by atoms with van der Waals surface area (Å²) in [7, 11) is -0.331. The molecule has 5 heteroatoms. The summed E-state index contributed by atoms with van der Waals surface area (Å²) < 4.78 is 12.1. The highest BCUT2D eigenvalue weighted by molar-refractivity contribution is 6.62. The monoisotopic (exact) mass is 315 g/mol. The summed E-state index contributed by atoms with van der Waals surface area (Å²) in [5.41, 5.74) is 1.52. The lowest BCUT2D eigenvalue weighted by Gasteiger charge is -2.32. The van der Waals surface area contributed by atoms with Crippen molar-refractivity contribution in [1.29, 1.82) is 0 Å². The second-order valence-electron chi connectivity index (χ2n) is 7.91. The van der Waals surface area contributed by atoms with Crippen molar-refractivity contribution in [2.75, 3.05) is 6.54 Å². The second kappa shape index (κ2) is 5.64. The highest BCUT2D eigenvalue weighted by atomic mass is 16.7. The number of carbonyl (C=O) groups excluding carboxylic acids is 1. The first-order valence-corrected chi connectivity index (χ1v) is 8.40. The molecule has 2 fully saturated rings. The van der Waals surface area contributed by atoms with Gasteiger partial charge in [0, 0.05) is 19.5 Å². The lowest BCUT2D eigenvalue weighted by atomic mass is 9.79. The minimum atomic E-state index is -0.331. The summed E-state index contributed by atoms with van der Waals surface area (Å²) in [5.74, 6) is 0.721. The summed E-state index contributed by atoms with van der Waals surface area (Å²) >= 11 is 0. The van der Waals surface area contributed by atoms with E-state index in [1.165, 1.54) is 0 Å². The van der Waals surface area contributed by atoms with Crippen molar-refractivity contribution in [2.45, 2.75) is 58.8 Å². The van der Waals surface area contributed by atoms with Crippen LogP contribution in [0.3, 0.4) is 0 Å². The van der Waals surface area contributed by atoms with Gasteiger partial charge in [-0.1, -0.05) is 31.2 Å². The van der Waals surface area contributed by atoms with E-state index in [1.54, 1.807) is 0 Å². The second-order valence-corrected chi connectivity index (χ2v) is 7.91. The molecule has 2 saturated heterocycles. The Bertz CT molecular complexity index is 581. The van der Waals surface area contributed by atoms with Crippen molar-refractivity contribution >= 4 is 18.5 Å². The highest BCUT2D eigenvalue weighted by Crippen LogP contribution is 2.36. The predicted molar refractivity (Wildman–Crippen MR) is 91.4 cm³/mol. The molecule has 0 bridgehead atoms. The molecule has 4 nitrogen and oxygen atoms in total. The maximum Gasteiger partial charge on any atom is 0.494 e. The summed E-state index contributed by atoms with van der Waals surface area (Å²) in [4.78, 5) is 13.8. The lowest BCUT2D eigenvalue weighted by molar-refractivity contribution is -0.128. The smallest absolute Gasteiger partial charge is 0.399 e. The van der Waals surface area contributed by atoms with Crippen LogP contribution in [-0.4, -0.2) is 35.7 Å². The Hall–Kier alpha value is -1.33. The summed E-state index contributed by atoms with van der Waals surface area (Å²) in [6, 6.07) is 8.22. The van der Waals surface area contributed by atoms with Crippen LogP contribution in [0.25, 0.3) is 0 Å². The van der Waals surface area contributed by atoms with Crippen LogP contribution in [0.4, 0.5) is 0 Å². The average Bonchev–Trinajstić information content (AvgIpc) is 2.86. The van der Waals surface area contributed by atoms with E-state index in [0.717, 1.165) is 17.6 Å². The Balaban J connectivity index is 1.68. The Morgan fingerprint density at radius 1 is 1.13 bits per heavy atom. The molecule has 2 aliphatic rings. The average molecular weight is 315 g/mol. The van der Waals surface area contributed by atoms with Crippen LogP contribution in [0.15, 0.2) is 24.3 Å². The molecule has 0 saturated carbocycles. The third-order valence-corrected chi connectivity index (χ3v) is 5.29.